The van der Waals surface area contributed by atoms with E-state index >= 15 is 0 Å². The van der Waals surface area contributed by atoms with Crippen molar-refractivity contribution in [1.29, 1.82) is 0 Å². The highest BCUT2D eigenvalue weighted by molar-refractivity contribution is 7.90. The molecule has 0 atom stereocenters. The third-order valence-electron chi connectivity index (χ3n) is 1.60. The minimum atomic E-state index is -3.83. The van der Waals surface area contributed by atoms with Gasteiger partial charge in [-0.15, -0.1) is 0 Å². The molecule has 0 radical (unpaired) electrons. The minimum absolute atomic E-state index is 0.228. The Morgan fingerprint density at radius 1 is 1.38 bits per heavy atom. The molecule has 1 rings (SSSR count). The van der Waals surface area contributed by atoms with E-state index in [2.05, 4.69) is 9.71 Å². The molecule has 5 nitrogen and oxygen atoms in total. The van der Waals surface area contributed by atoms with E-state index in [0.717, 1.165) is 12.1 Å². The van der Waals surface area contributed by atoms with E-state index in [1.165, 1.54) is 0 Å². The fourth-order valence-electron chi connectivity index (χ4n) is 0.906. The number of halogens is 2. The molecule has 8 heteroatoms. The molecular weight excluding hydrogens is 240 g/mol. The van der Waals surface area contributed by atoms with Gasteiger partial charge in [-0.2, -0.15) is 26.9 Å². The SMILES string of the molecule is CCCNS(=O)(=O)Nc1ccc(F)nc1F. The zero-order chi connectivity index (χ0) is 12.2. The predicted octanol–water partition coefficient (Wildman–Crippen LogP) is 1.02. The molecule has 0 aliphatic rings. The van der Waals surface area contributed by atoms with Crippen LogP contribution in [0.4, 0.5) is 14.5 Å². The maximum atomic E-state index is 13.0. The van der Waals surface area contributed by atoms with Crippen LogP contribution in [-0.2, 0) is 10.2 Å². The van der Waals surface area contributed by atoms with Gasteiger partial charge in [0.15, 0.2) is 0 Å². The van der Waals surface area contributed by atoms with E-state index in [-0.39, 0.29) is 6.54 Å². The Morgan fingerprint density at radius 2 is 2.06 bits per heavy atom. The van der Waals surface area contributed by atoms with E-state index < -0.39 is 27.8 Å². The van der Waals surface area contributed by atoms with Gasteiger partial charge in [-0.1, -0.05) is 6.92 Å². The van der Waals surface area contributed by atoms with Crippen LogP contribution in [0.25, 0.3) is 0 Å². The van der Waals surface area contributed by atoms with Crippen molar-refractivity contribution in [2.75, 3.05) is 11.3 Å². The van der Waals surface area contributed by atoms with Gasteiger partial charge < -0.3 is 0 Å². The summed E-state index contributed by atoms with van der Waals surface area (Å²) in [6.07, 6.45) is 0.602. The quantitative estimate of drug-likeness (QED) is 0.767. The van der Waals surface area contributed by atoms with Gasteiger partial charge in [-0.05, 0) is 18.6 Å². The van der Waals surface area contributed by atoms with Gasteiger partial charge >= 0.3 is 0 Å². The number of hydrogen-bond donors (Lipinski definition) is 2. The molecule has 90 valence electrons. The number of hydrogen-bond acceptors (Lipinski definition) is 3. The summed E-state index contributed by atoms with van der Waals surface area (Å²) in [6, 6.07) is 1.82. The highest BCUT2D eigenvalue weighted by Gasteiger charge is 2.13. The van der Waals surface area contributed by atoms with Crippen LogP contribution in [0.1, 0.15) is 13.3 Å². The molecule has 0 amide bonds. The molecule has 1 heterocycles. The number of anilines is 1. The Balaban J connectivity index is 2.80. The molecule has 0 aromatic carbocycles. The lowest BCUT2D eigenvalue weighted by Gasteiger charge is -2.08. The van der Waals surface area contributed by atoms with E-state index in [1.54, 1.807) is 6.92 Å². The topological polar surface area (TPSA) is 71.1 Å². The fraction of sp³-hybridized carbons (Fsp3) is 0.375. The highest BCUT2D eigenvalue weighted by atomic mass is 32.2. The maximum absolute atomic E-state index is 13.0. The Bertz CT molecular complexity index is 464. The monoisotopic (exact) mass is 251 g/mol. The molecular formula is C8H11F2N3O2S. The molecule has 16 heavy (non-hydrogen) atoms. The molecule has 0 bridgehead atoms. The van der Waals surface area contributed by atoms with E-state index in [0.29, 0.717) is 6.42 Å². The Morgan fingerprint density at radius 3 is 2.62 bits per heavy atom. The smallest absolute Gasteiger partial charge is 0.266 e. The molecule has 2 N–H and O–H groups in total. The molecule has 0 spiro atoms. The van der Waals surface area contributed by atoms with E-state index in [1.807, 2.05) is 4.72 Å². The van der Waals surface area contributed by atoms with Crippen LogP contribution >= 0.6 is 0 Å². The van der Waals surface area contributed by atoms with Crippen LogP contribution in [0, 0.1) is 11.9 Å². The number of aromatic nitrogens is 1. The molecule has 0 unspecified atom stereocenters. The molecule has 0 aliphatic carbocycles. The van der Waals surface area contributed by atoms with Crippen LogP contribution in [0.15, 0.2) is 12.1 Å². The van der Waals surface area contributed by atoms with Gasteiger partial charge in [0.2, 0.25) is 11.9 Å². The van der Waals surface area contributed by atoms with Crippen molar-refractivity contribution >= 4 is 15.9 Å². The zero-order valence-corrected chi connectivity index (χ0v) is 9.31. The number of nitrogens with zero attached hydrogens (tertiary/aromatic N) is 1. The lowest BCUT2D eigenvalue weighted by atomic mass is 10.4. The average Bonchev–Trinajstić information content (AvgIpc) is 2.19. The first kappa shape index (κ1) is 12.8. The summed E-state index contributed by atoms with van der Waals surface area (Å²) in [5.41, 5.74) is -0.398. The van der Waals surface area contributed by atoms with E-state index in [4.69, 9.17) is 0 Å². The molecule has 1 aromatic heterocycles. The lowest BCUT2D eigenvalue weighted by molar-refractivity contribution is 0.515. The Hall–Kier alpha value is -1.28. The zero-order valence-electron chi connectivity index (χ0n) is 8.50. The van der Waals surface area contributed by atoms with Crippen molar-refractivity contribution in [3.63, 3.8) is 0 Å². The van der Waals surface area contributed by atoms with Gasteiger partial charge in [0.05, 0.1) is 0 Å². The van der Waals surface area contributed by atoms with Gasteiger partial charge in [0.25, 0.3) is 10.2 Å². The highest BCUT2D eigenvalue weighted by Crippen LogP contribution is 2.12. The maximum Gasteiger partial charge on any atom is 0.299 e. The van der Waals surface area contributed by atoms with Crippen molar-refractivity contribution < 1.29 is 17.2 Å². The van der Waals surface area contributed by atoms with Gasteiger partial charge in [0, 0.05) is 6.54 Å². The normalized spacial score (nSPS) is 11.4. The number of nitrogens with one attached hydrogen (secondary N) is 2. The third kappa shape index (κ3) is 3.70. The van der Waals surface area contributed by atoms with Gasteiger partial charge in [-0.25, -0.2) is 0 Å². The molecule has 0 saturated carbocycles. The summed E-state index contributed by atoms with van der Waals surface area (Å²) in [6.45, 7) is 2.01. The van der Waals surface area contributed by atoms with Crippen molar-refractivity contribution in [3.05, 3.63) is 24.0 Å². The van der Waals surface area contributed by atoms with Crippen LogP contribution in [0.3, 0.4) is 0 Å². The standard InChI is InChI=1S/C8H11F2N3O2S/c1-2-5-11-16(14,15)13-6-3-4-7(9)12-8(6)10/h3-4,11,13H,2,5H2,1H3. The third-order valence-corrected chi connectivity index (χ3v) is 2.67. The molecule has 0 aliphatic heterocycles. The van der Waals surface area contributed by atoms with Crippen LogP contribution < -0.4 is 9.44 Å². The first-order valence-corrected chi connectivity index (χ1v) is 6.02. The second kappa shape index (κ2) is 5.17. The summed E-state index contributed by atoms with van der Waals surface area (Å²) >= 11 is 0. The van der Waals surface area contributed by atoms with Crippen molar-refractivity contribution in [2.24, 2.45) is 0 Å². The summed E-state index contributed by atoms with van der Waals surface area (Å²) in [5, 5.41) is 0. The Kier molecular flexibility index (Phi) is 4.13. The second-order valence-corrected chi connectivity index (χ2v) is 4.47. The predicted molar refractivity (Wildman–Crippen MR) is 55.0 cm³/mol. The number of pyridine rings is 1. The first-order chi connectivity index (χ1) is 7.44. The van der Waals surface area contributed by atoms with Crippen molar-refractivity contribution in [1.82, 2.24) is 9.71 Å². The van der Waals surface area contributed by atoms with Gasteiger partial charge in [0.1, 0.15) is 5.69 Å². The van der Waals surface area contributed by atoms with Crippen molar-refractivity contribution in [2.45, 2.75) is 13.3 Å². The fourth-order valence-corrected chi connectivity index (χ4v) is 1.89. The first-order valence-electron chi connectivity index (χ1n) is 4.54. The molecule has 0 fully saturated rings. The summed E-state index contributed by atoms with van der Waals surface area (Å²) in [5.74, 6) is -2.22. The number of rotatable bonds is 5. The summed E-state index contributed by atoms with van der Waals surface area (Å²) in [4.78, 5) is 2.85. The van der Waals surface area contributed by atoms with Crippen LogP contribution in [-0.4, -0.2) is 19.9 Å². The van der Waals surface area contributed by atoms with Crippen LogP contribution in [0.2, 0.25) is 0 Å². The second-order valence-electron chi connectivity index (χ2n) is 2.97. The minimum Gasteiger partial charge on any atom is -0.266 e. The summed E-state index contributed by atoms with van der Waals surface area (Å²) in [7, 11) is -3.83. The Labute approximate surface area is 92.1 Å². The average molecular weight is 251 g/mol. The van der Waals surface area contributed by atoms with Crippen molar-refractivity contribution in [3.8, 4) is 0 Å². The molecule has 1 aromatic rings. The van der Waals surface area contributed by atoms with E-state index in [9.17, 15) is 17.2 Å². The molecule has 0 saturated heterocycles. The summed E-state index contributed by atoms with van der Waals surface area (Å²) < 4.78 is 52.1. The lowest BCUT2D eigenvalue weighted by Crippen LogP contribution is -2.31. The largest absolute Gasteiger partial charge is 0.299 e. The van der Waals surface area contributed by atoms with Crippen LogP contribution in [0.5, 0.6) is 0 Å². The van der Waals surface area contributed by atoms with Gasteiger partial charge in [-0.3, -0.25) is 4.72 Å².